The summed E-state index contributed by atoms with van der Waals surface area (Å²) in [5.41, 5.74) is 2.18. The Labute approximate surface area is 92.8 Å². The van der Waals surface area contributed by atoms with Crippen LogP contribution in [0.15, 0.2) is 42.5 Å². The highest BCUT2D eigenvalue weighted by molar-refractivity contribution is 6.32. The smallest absolute Gasteiger partial charge is 0.142 e. The van der Waals surface area contributed by atoms with Gasteiger partial charge in [0.2, 0.25) is 0 Å². The van der Waals surface area contributed by atoms with Crippen LogP contribution in [0.2, 0.25) is 5.15 Å². The summed E-state index contributed by atoms with van der Waals surface area (Å²) in [5, 5.41) is 9.01. The molecule has 3 heteroatoms. The lowest BCUT2D eigenvalue weighted by Crippen LogP contribution is -1.86. The Morgan fingerprint density at radius 3 is 2.40 bits per heavy atom. The van der Waals surface area contributed by atoms with E-state index in [4.69, 9.17) is 16.9 Å². The fourth-order valence-corrected chi connectivity index (χ4v) is 1.59. The molecule has 0 aliphatic heterocycles. The first-order valence-electron chi connectivity index (χ1n) is 4.43. The lowest BCUT2D eigenvalue weighted by molar-refractivity contribution is 1.26. The van der Waals surface area contributed by atoms with E-state index in [0.29, 0.717) is 10.8 Å². The standard InChI is InChI=1S/C12H7ClN2/c13-12-11(7-6-10(8-14)15-12)9-4-2-1-3-5-9/h1-7H. The molecule has 0 saturated carbocycles. The van der Waals surface area contributed by atoms with Gasteiger partial charge in [-0.15, -0.1) is 0 Å². The summed E-state index contributed by atoms with van der Waals surface area (Å²) in [6.45, 7) is 0. The second-order valence-corrected chi connectivity index (χ2v) is 3.37. The zero-order valence-corrected chi connectivity index (χ0v) is 8.57. The first kappa shape index (κ1) is 9.70. The van der Waals surface area contributed by atoms with Crippen LogP contribution in [0.5, 0.6) is 0 Å². The average molecular weight is 215 g/mol. The molecule has 2 nitrogen and oxygen atoms in total. The SMILES string of the molecule is N#Cc1ccc(-c2ccccc2)c(Cl)n1. The van der Waals surface area contributed by atoms with Crippen LogP contribution in [0.25, 0.3) is 11.1 Å². The van der Waals surface area contributed by atoms with Crippen LogP contribution in [0.3, 0.4) is 0 Å². The molecule has 2 rings (SSSR count). The summed E-state index contributed by atoms with van der Waals surface area (Å²) in [6, 6.07) is 15.1. The molecule has 0 aliphatic carbocycles. The van der Waals surface area contributed by atoms with Gasteiger partial charge in [-0.05, 0) is 17.7 Å². The molecule has 0 spiro atoms. The Morgan fingerprint density at radius 2 is 1.80 bits per heavy atom. The molecule has 0 aliphatic rings. The Bertz CT molecular complexity index is 515. The van der Waals surface area contributed by atoms with E-state index in [1.807, 2.05) is 42.5 Å². The molecule has 1 aromatic carbocycles. The van der Waals surface area contributed by atoms with Crippen molar-refractivity contribution in [2.45, 2.75) is 0 Å². The third kappa shape index (κ3) is 1.98. The number of aromatic nitrogens is 1. The second kappa shape index (κ2) is 4.12. The van der Waals surface area contributed by atoms with Crippen LogP contribution in [0, 0.1) is 11.3 Å². The van der Waals surface area contributed by atoms with Gasteiger partial charge in [0.1, 0.15) is 16.9 Å². The summed E-state index contributed by atoms with van der Waals surface area (Å²) < 4.78 is 0. The highest BCUT2D eigenvalue weighted by atomic mass is 35.5. The molecule has 0 radical (unpaired) electrons. The third-order valence-electron chi connectivity index (χ3n) is 2.05. The predicted octanol–water partition coefficient (Wildman–Crippen LogP) is 3.27. The summed E-state index contributed by atoms with van der Waals surface area (Å²) in [5.74, 6) is 0. The number of nitrogens with zero attached hydrogens (tertiary/aromatic N) is 2. The van der Waals surface area contributed by atoms with Crippen LogP contribution in [-0.2, 0) is 0 Å². The molecule has 0 saturated heterocycles. The van der Waals surface area contributed by atoms with Gasteiger partial charge in [0.25, 0.3) is 0 Å². The van der Waals surface area contributed by atoms with E-state index in [0.717, 1.165) is 11.1 Å². The van der Waals surface area contributed by atoms with Gasteiger partial charge >= 0.3 is 0 Å². The van der Waals surface area contributed by atoms with Crippen molar-refractivity contribution >= 4 is 11.6 Å². The maximum absolute atomic E-state index is 8.65. The highest BCUT2D eigenvalue weighted by Gasteiger charge is 2.04. The van der Waals surface area contributed by atoms with E-state index in [1.54, 1.807) is 6.07 Å². The normalized spacial score (nSPS) is 9.60. The topological polar surface area (TPSA) is 36.7 Å². The summed E-state index contributed by atoms with van der Waals surface area (Å²) in [6.07, 6.45) is 0. The molecule has 0 bridgehead atoms. The number of pyridine rings is 1. The predicted molar refractivity (Wildman–Crippen MR) is 59.4 cm³/mol. The Hall–Kier alpha value is -1.85. The first-order valence-corrected chi connectivity index (χ1v) is 4.81. The third-order valence-corrected chi connectivity index (χ3v) is 2.34. The number of rotatable bonds is 1. The molecular formula is C12H7ClN2. The lowest BCUT2D eigenvalue weighted by atomic mass is 10.1. The summed E-state index contributed by atoms with van der Waals surface area (Å²) in [4.78, 5) is 3.97. The summed E-state index contributed by atoms with van der Waals surface area (Å²) >= 11 is 5.98. The van der Waals surface area contributed by atoms with Crippen molar-refractivity contribution in [2.75, 3.05) is 0 Å². The van der Waals surface area contributed by atoms with Gasteiger partial charge in [-0.25, -0.2) is 4.98 Å². The molecule has 0 unspecified atom stereocenters. The van der Waals surface area contributed by atoms with Gasteiger partial charge in [0, 0.05) is 5.56 Å². The Morgan fingerprint density at radius 1 is 1.07 bits per heavy atom. The largest absolute Gasteiger partial charge is 0.225 e. The zero-order valence-electron chi connectivity index (χ0n) is 7.81. The van der Waals surface area contributed by atoms with E-state index in [-0.39, 0.29) is 0 Å². The van der Waals surface area contributed by atoms with Crippen molar-refractivity contribution in [1.29, 1.82) is 5.26 Å². The van der Waals surface area contributed by atoms with Gasteiger partial charge in [-0.3, -0.25) is 0 Å². The van der Waals surface area contributed by atoms with E-state index < -0.39 is 0 Å². The van der Waals surface area contributed by atoms with Crippen LogP contribution in [0.1, 0.15) is 5.69 Å². The van der Waals surface area contributed by atoms with Gasteiger partial charge in [0.15, 0.2) is 0 Å². The summed E-state index contributed by atoms with van der Waals surface area (Å²) in [7, 11) is 0. The number of hydrogen-bond donors (Lipinski definition) is 0. The van der Waals surface area contributed by atoms with Gasteiger partial charge in [-0.1, -0.05) is 41.9 Å². The number of benzene rings is 1. The minimum absolute atomic E-state index is 0.333. The minimum Gasteiger partial charge on any atom is -0.225 e. The minimum atomic E-state index is 0.333. The Kier molecular flexibility index (Phi) is 2.66. The molecule has 72 valence electrons. The number of hydrogen-bond acceptors (Lipinski definition) is 2. The molecule has 0 fully saturated rings. The molecule has 0 N–H and O–H groups in total. The van der Waals surface area contributed by atoms with Crippen molar-refractivity contribution < 1.29 is 0 Å². The van der Waals surface area contributed by atoms with Crippen molar-refractivity contribution in [3.05, 3.63) is 53.3 Å². The van der Waals surface area contributed by atoms with Crippen LogP contribution in [0.4, 0.5) is 0 Å². The van der Waals surface area contributed by atoms with E-state index in [2.05, 4.69) is 4.98 Å². The molecule has 2 aromatic rings. The Balaban J connectivity index is 2.52. The van der Waals surface area contributed by atoms with Gasteiger partial charge in [0.05, 0.1) is 0 Å². The molecular weight excluding hydrogens is 208 g/mol. The van der Waals surface area contributed by atoms with Crippen molar-refractivity contribution in [3.8, 4) is 17.2 Å². The van der Waals surface area contributed by atoms with Crippen molar-refractivity contribution in [2.24, 2.45) is 0 Å². The molecule has 0 atom stereocenters. The fourth-order valence-electron chi connectivity index (χ4n) is 1.33. The average Bonchev–Trinajstić information content (AvgIpc) is 2.30. The van der Waals surface area contributed by atoms with Crippen molar-refractivity contribution in [3.63, 3.8) is 0 Å². The maximum atomic E-state index is 8.65. The van der Waals surface area contributed by atoms with Crippen molar-refractivity contribution in [1.82, 2.24) is 4.98 Å². The fraction of sp³-hybridized carbons (Fsp3) is 0. The maximum Gasteiger partial charge on any atom is 0.142 e. The molecule has 15 heavy (non-hydrogen) atoms. The monoisotopic (exact) mass is 214 g/mol. The second-order valence-electron chi connectivity index (χ2n) is 3.01. The molecule has 1 aromatic heterocycles. The quantitative estimate of drug-likeness (QED) is 0.683. The zero-order chi connectivity index (χ0) is 10.7. The van der Waals surface area contributed by atoms with Crippen LogP contribution < -0.4 is 0 Å². The molecule has 0 amide bonds. The van der Waals surface area contributed by atoms with E-state index in [9.17, 15) is 0 Å². The van der Waals surface area contributed by atoms with Gasteiger partial charge in [-0.2, -0.15) is 5.26 Å². The van der Waals surface area contributed by atoms with E-state index >= 15 is 0 Å². The van der Waals surface area contributed by atoms with Crippen LogP contribution in [-0.4, -0.2) is 4.98 Å². The van der Waals surface area contributed by atoms with E-state index in [1.165, 1.54) is 0 Å². The van der Waals surface area contributed by atoms with Gasteiger partial charge < -0.3 is 0 Å². The highest BCUT2D eigenvalue weighted by Crippen LogP contribution is 2.25. The number of halogens is 1. The number of nitriles is 1. The van der Waals surface area contributed by atoms with Crippen LogP contribution >= 0.6 is 11.6 Å². The lowest BCUT2D eigenvalue weighted by Gasteiger charge is -2.02. The first-order chi connectivity index (χ1) is 7.31. The molecule has 1 heterocycles.